The van der Waals surface area contributed by atoms with Gasteiger partial charge in [0.05, 0.1) is 7.11 Å². The molecule has 1 aliphatic heterocycles. The quantitative estimate of drug-likeness (QED) is 0.564. The summed E-state index contributed by atoms with van der Waals surface area (Å²) >= 11 is 0. The minimum atomic E-state index is -0.183. The topological polar surface area (TPSA) is 58.0 Å². The molecule has 6 heteroatoms. The largest absolute Gasteiger partial charge is 0.493 e. The molecule has 3 aromatic rings. The fourth-order valence-corrected chi connectivity index (χ4v) is 4.04. The first-order valence-electron chi connectivity index (χ1n) is 11.0. The molecule has 2 heterocycles. The predicted molar refractivity (Wildman–Crippen MR) is 123 cm³/mol. The van der Waals surface area contributed by atoms with Gasteiger partial charge >= 0.3 is 0 Å². The summed E-state index contributed by atoms with van der Waals surface area (Å²) in [5.74, 6) is 0.802. The van der Waals surface area contributed by atoms with E-state index in [4.69, 9.17) is 9.15 Å². The van der Waals surface area contributed by atoms with Gasteiger partial charge in [-0.05, 0) is 43.1 Å². The summed E-state index contributed by atoms with van der Waals surface area (Å²) in [5.41, 5.74) is 3.08. The van der Waals surface area contributed by atoms with Crippen molar-refractivity contribution in [3.05, 3.63) is 65.4 Å². The second-order valence-electron chi connectivity index (χ2n) is 8.20. The molecule has 1 saturated heterocycles. The first kappa shape index (κ1) is 21.4. The van der Waals surface area contributed by atoms with Gasteiger partial charge in [0.25, 0.3) is 5.91 Å². The minimum Gasteiger partial charge on any atom is -0.493 e. The number of nitrogens with zero attached hydrogens (tertiary/aromatic N) is 2. The van der Waals surface area contributed by atoms with Crippen LogP contribution in [0.3, 0.4) is 0 Å². The van der Waals surface area contributed by atoms with Crippen molar-refractivity contribution in [2.24, 2.45) is 0 Å². The Morgan fingerprint density at radius 2 is 1.87 bits per heavy atom. The van der Waals surface area contributed by atoms with Gasteiger partial charge in [-0.1, -0.05) is 36.4 Å². The minimum absolute atomic E-state index is 0.183. The Morgan fingerprint density at radius 3 is 2.61 bits per heavy atom. The second-order valence-corrected chi connectivity index (χ2v) is 8.20. The van der Waals surface area contributed by atoms with Crippen molar-refractivity contribution < 1.29 is 13.9 Å². The highest BCUT2D eigenvalue weighted by atomic mass is 16.5. The van der Waals surface area contributed by atoms with Crippen molar-refractivity contribution in [3.63, 3.8) is 0 Å². The van der Waals surface area contributed by atoms with Crippen LogP contribution in [0, 0.1) is 0 Å². The van der Waals surface area contributed by atoms with Gasteiger partial charge in [0.1, 0.15) is 0 Å². The van der Waals surface area contributed by atoms with Crippen molar-refractivity contribution in [3.8, 4) is 5.75 Å². The number of methoxy groups -OCH3 is 1. The number of carbonyl (C=O) groups excluding carboxylic acids is 1. The third-order valence-electron chi connectivity index (χ3n) is 5.94. The van der Waals surface area contributed by atoms with E-state index in [1.165, 1.54) is 5.56 Å². The van der Waals surface area contributed by atoms with Crippen LogP contribution in [0.2, 0.25) is 0 Å². The van der Waals surface area contributed by atoms with Gasteiger partial charge in [0.2, 0.25) is 0 Å². The number of benzene rings is 2. The summed E-state index contributed by atoms with van der Waals surface area (Å²) in [5, 5.41) is 3.94. The highest BCUT2D eigenvalue weighted by Crippen LogP contribution is 2.32. The van der Waals surface area contributed by atoms with Crippen molar-refractivity contribution in [1.29, 1.82) is 0 Å². The normalized spacial score (nSPS) is 15.3. The number of nitrogens with one attached hydrogen (secondary N) is 1. The second kappa shape index (κ2) is 9.98. The molecule has 0 unspecified atom stereocenters. The molecule has 0 aliphatic carbocycles. The lowest BCUT2D eigenvalue weighted by Gasteiger charge is -2.32. The summed E-state index contributed by atoms with van der Waals surface area (Å²) in [6.07, 6.45) is 1.82. The lowest BCUT2D eigenvalue weighted by molar-refractivity contribution is 0.0927. The fourth-order valence-electron chi connectivity index (χ4n) is 4.04. The van der Waals surface area contributed by atoms with Gasteiger partial charge in [0.15, 0.2) is 17.1 Å². The van der Waals surface area contributed by atoms with Gasteiger partial charge in [-0.3, -0.25) is 9.69 Å². The van der Waals surface area contributed by atoms with E-state index in [2.05, 4.69) is 40.4 Å². The molecule has 0 bridgehead atoms. The molecule has 2 aromatic carbocycles. The van der Waals surface area contributed by atoms with E-state index in [0.717, 1.165) is 56.5 Å². The molecule has 0 saturated carbocycles. The molecule has 4 rings (SSSR count). The number of amides is 1. The number of aryl methyl sites for hydroxylation is 1. The summed E-state index contributed by atoms with van der Waals surface area (Å²) in [6.45, 7) is 5.66. The zero-order chi connectivity index (χ0) is 21.6. The van der Waals surface area contributed by atoms with Gasteiger partial charge in [-0.15, -0.1) is 0 Å². The molecule has 1 amide bonds. The van der Waals surface area contributed by atoms with Crippen LogP contribution in [0.15, 0.2) is 52.9 Å². The summed E-state index contributed by atoms with van der Waals surface area (Å²) in [4.78, 5) is 17.5. The number of piperazine rings is 1. The Hall–Kier alpha value is -2.83. The van der Waals surface area contributed by atoms with Gasteiger partial charge in [-0.25, -0.2) is 0 Å². The number of hydrogen-bond acceptors (Lipinski definition) is 5. The van der Waals surface area contributed by atoms with E-state index in [9.17, 15) is 4.79 Å². The SMILES string of the molecule is COc1ccc(CN2CCN(C)CC2)c2cc(C(=O)NCCCc3ccccc3)oc12. The zero-order valence-electron chi connectivity index (χ0n) is 18.4. The first-order valence-corrected chi connectivity index (χ1v) is 11.0. The number of carbonyl (C=O) groups is 1. The highest BCUT2D eigenvalue weighted by Gasteiger charge is 2.20. The molecule has 6 nitrogen and oxygen atoms in total. The van der Waals surface area contributed by atoms with E-state index in [0.29, 0.717) is 23.6 Å². The highest BCUT2D eigenvalue weighted by molar-refractivity contribution is 5.98. The van der Waals surface area contributed by atoms with Crippen molar-refractivity contribution in [1.82, 2.24) is 15.1 Å². The van der Waals surface area contributed by atoms with Crippen LogP contribution in [-0.4, -0.2) is 62.6 Å². The fraction of sp³-hybridized carbons (Fsp3) is 0.400. The predicted octanol–water partition coefficient (Wildman–Crippen LogP) is 3.55. The maximum Gasteiger partial charge on any atom is 0.287 e. The lowest BCUT2D eigenvalue weighted by Crippen LogP contribution is -2.43. The number of hydrogen-bond donors (Lipinski definition) is 1. The number of furan rings is 1. The Kier molecular flexibility index (Phi) is 6.89. The Morgan fingerprint density at radius 1 is 1.10 bits per heavy atom. The standard InChI is InChI=1S/C25H31N3O3/c1-27-13-15-28(16-14-27)18-20-10-11-22(30-2)24-21(20)17-23(31-24)25(29)26-12-6-9-19-7-4-3-5-8-19/h3-5,7-8,10-11,17H,6,9,12-16,18H2,1-2H3,(H,26,29). The molecule has 0 radical (unpaired) electrons. The summed E-state index contributed by atoms with van der Waals surface area (Å²) < 4.78 is 11.4. The van der Waals surface area contributed by atoms with E-state index in [1.807, 2.05) is 30.3 Å². The van der Waals surface area contributed by atoms with E-state index in [-0.39, 0.29) is 5.91 Å². The van der Waals surface area contributed by atoms with Crippen LogP contribution < -0.4 is 10.1 Å². The Bertz CT molecular complexity index is 1010. The molecule has 1 aromatic heterocycles. The van der Waals surface area contributed by atoms with Crippen LogP contribution >= 0.6 is 0 Å². The summed E-state index contributed by atoms with van der Waals surface area (Å²) in [7, 11) is 3.78. The molecule has 0 spiro atoms. The van der Waals surface area contributed by atoms with Crippen LogP contribution in [0.25, 0.3) is 11.0 Å². The maximum absolute atomic E-state index is 12.7. The number of likely N-dealkylation sites (N-methyl/N-ethyl adjacent to an activating group) is 1. The Balaban J connectivity index is 1.43. The third kappa shape index (κ3) is 5.27. The number of fused-ring (bicyclic) bond motifs is 1. The van der Waals surface area contributed by atoms with Crippen molar-refractivity contribution >= 4 is 16.9 Å². The molecule has 1 fully saturated rings. The first-order chi connectivity index (χ1) is 15.1. The van der Waals surface area contributed by atoms with Gasteiger partial charge in [0, 0.05) is 44.7 Å². The molecule has 0 atom stereocenters. The molecular formula is C25H31N3O3. The average molecular weight is 422 g/mol. The zero-order valence-corrected chi connectivity index (χ0v) is 18.4. The van der Waals surface area contributed by atoms with E-state index in [1.54, 1.807) is 7.11 Å². The molecule has 31 heavy (non-hydrogen) atoms. The molecular weight excluding hydrogens is 390 g/mol. The van der Waals surface area contributed by atoms with Crippen LogP contribution in [0.4, 0.5) is 0 Å². The maximum atomic E-state index is 12.7. The third-order valence-corrected chi connectivity index (χ3v) is 5.94. The number of rotatable bonds is 8. The average Bonchev–Trinajstić information content (AvgIpc) is 3.25. The van der Waals surface area contributed by atoms with Gasteiger partial charge in [-0.2, -0.15) is 0 Å². The van der Waals surface area contributed by atoms with Crippen molar-refractivity contribution in [2.45, 2.75) is 19.4 Å². The smallest absolute Gasteiger partial charge is 0.287 e. The monoisotopic (exact) mass is 421 g/mol. The van der Waals surface area contributed by atoms with E-state index >= 15 is 0 Å². The van der Waals surface area contributed by atoms with Crippen LogP contribution in [0.1, 0.15) is 28.1 Å². The van der Waals surface area contributed by atoms with Crippen LogP contribution in [-0.2, 0) is 13.0 Å². The van der Waals surface area contributed by atoms with E-state index < -0.39 is 0 Å². The van der Waals surface area contributed by atoms with Gasteiger partial charge < -0.3 is 19.4 Å². The number of ether oxygens (including phenoxy) is 1. The molecule has 1 aliphatic rings. The molecule has 1 N–H and O–H groups in total. The lowest BCUT2D eigenvalue weighted by atomic mass is 10.1. The molecule has 164 valence electrons. The Labute approximate surface area is 183 Å². The van der Waals surface area contributed by atoms with Crippen LogP contribution in [0.5, 0.6) is 5.75 Å². The summed E-state index contributed by atoms with van der Waals surface area (Å²) in [6, 6.07) is 16.2. The van der Waals surface area contributed by atoms with Crippen molar-refractivity contribution in [2.75, 3.05) is 46.9 Å².